The van der Waals surface area contributed by atoms with Crippen LogP contribution in [0, 0.1) is 5.82 Å². The van der Waals surface area contributed by atoms with Crippen LogP contribution in [0.2, 0.25) is 0 Å². The maximum atomic E-state index is 13.3. The standard InChI is InChI=1S/C20H22FN3O/c1-13-10-24(11-14(2)25-13)12-18-17-4-3-9-22-20(17)23-19(18)15-5-7-16(21)8-6-15/h3-9,13-14H,10-12H2,1-2H3,(H,22,23). The van der Waals surface area contributed by atoms with E-state index in [0.29, 0.717) is 0 Å². The highest BCUT2D eigenvalue weighted by Gasteiger charge is 2.24. The van der Waals surface area contributed by atoms with Gasteiger partial charge in [-0.25, -0.2) is 9.37 Å². The molecule has 0 saturated carbocycles. The van der Waals surface area contributed by atoms with Gasteiger partial charge < -0.3 is 9.72 Å². The first-order valence-electron chi connectivity index (χ1n) is 8.69. The number of pyridine rings is 1. The maximum Gasteiger partial charge on any atom is 0.138 e. The minimum atomic E-state index is -0.227. The Morgan fingerprint density at radius 1 is 1.16 bits per heavy atom. The maximum absolute atomic E-state index is 13.3. The third-order valence-electron chi connectivity index (χ3n) is 4.69. The number of fused-ring (bicyclic) bond motifs is 1. The van der Waals surface area contributed by atoms with Gasteiger partial charge in [0, 0.05) is 36.8 Å². The molecular formula is C20H22FN3O. The van der Waals surface area contributed by atoms with Crippen molar-refractivity contribution in [2.75, 3.05) is 13.1 Å². The van der Waals surface area contributed by atoms with E-state index in [4.69, 9.17) is 4.74 Å². The Kier molecular flexibility index (Phi) is 4.27. The highest BCUT2D eigenvalue weighted by molar-refractivity contribution is 5.88. The van der Waals surface area contributed by atoms with Crippen LogP contribution in [-0.2, 0) is 11.3 Å². The molecule has 1 N–H and O–H groups in total. The molecule has 4 nitrogen and oxygen atoms in total. The molecule has 1 fully saturated rings. The van der Waals surface area contributed by atoms with E-state index in [2.05, 4.69) is 34.8 Å². The first-order chi connectivity index (χ1) is 12.1. The van der Waals surface area contributed by atoms with Crippen molar-refractivity contribution in [2.45, 2.75) is 32.6 Å². The highest BCUT2D eigenvalue weighted by Crippen LogP contribution is 2.31. The van der Waals surface area contributed by atoms with Crippen molar-refractivity contribution >= 4 is 11.0 Å². The zero-order chi connectivity index (χ0) is 17.4. The molecule has 1 aliphatic heterocycles. The van der Waals surface area contributed by atoms with Gasteiger partial charge in [0.25, 0.3) is 0 Å². The van der Waals surface area contributed by atoms with Crippen molar-refractivity contribution in [1.29, 1.82) is 0 Å². The Bertz CT molecular complexity index is 864. The van der Waals surface area contributed by atoms with Crippen molar-refractivity contribution < 1.29 is 9.13 Å². The quantitative estimate of drug-likeness (QED) is 0.785. The summed E-state index contributed by atoms with van der Waals surface area (Å²) in [5, 5.41) is 1.12. The molecule has 0 radical (unpaired) electrons. The number of morpholine rings is 1. The molecule has 0 bridgehead atoms. The van der Waals surface area contributed by atoms with E-state index in [-0.39, 0.29) is 18.0 Å². The molecule has 0 spiro atoms. The van der Waals surface area contributed by atoms with Crippen LogP contribution in [0.25, 0.3) is 22.3 Å². The van der Waals surface area contributed by atoms with Gasteiger partial charge in [0.1, 0.15) is 11.5 Å². The first-order valence-corrected chi connectivity index (χ1v) is 8.69. The number of hydrogen-bond donors (Lipinski definition) is 1. The molecule has 1 saturated heterocycles. The molecule has 0 amide bonds. The molecule has 1 aromatic carbocycles. The second-order valence-corrected chi connectivity index (χ2v) is 6.84. The SMILES string of the molecule is CC1CN(Cc2c(-c3ccc(F)cc3)[nH]c3ncccc23)CC(C)O1. The number of aromatic nitrogens is 2. The predicted octanol–water partition coefficient (Wildman–Crippen LogP) is 3.98. The fraction of sp³-hybridized carbons (Fsp3) is 0.350. The molecule has 25 heavy (non-hydrogen) atoms. The molecule has 2 aromatic heterocycles. The van der Waals surface area contributed by atoms with Gasteiger partial charge in [0.15, 0.2) is 0 Å². The summed E-state index contributed by atoms with van der Waals surface area (Å²) in [7, 11) is 0. The number of benzene rings is 1. The highest BCUT2D eigenvalue weighted by atomic mass is 19.1. The number of ether oxygens (including phenoxy) is 1. The fourth-order valence-electron chi connectivity index (χ4n) is 3.74. The molecule has 130 valence electrons. The van der Waals surface area contributed by atoms with Crippen LogP contribution in [-0.4, -0.2) is 40.2 Å². The lowest BCUT2D eigenvalue weighted by Crippen LogP contribution is -2.44. The summed E-state index contributed by atoms with van der Waals surface area (Å²) in [6.07, 6.45) is 2.23. The molecule has 4 rings (SSSR count). The zero-order valence-electron chi connectivity index (χ0n) is 14.5. The van der Waals surface area contributed by atoms with Crippen LogP contribution in [0.1, 0.15) is 19.4 Å². The van der Waals surface area contributed by atoms with E-state index in [1.54, 1.807) is 6.20 Å². The van der Waals surface area contributed by atoms with Gasteiger partial charge in [-0.1, -0.05) is 0 Å². The average Bonchev–Trinajstić information content (AvgIpc) is 2.93. The van der Waals surface area contributed by atoms with Crippen molar-refractivity contribution in [1.82, 2.24) is 14.9 Å². The normalized spacial score (nSPS) is 21.7. The van der Waals surface area contributed by atoms with Gasteiger partial charge in [-0.2, -0.15) is 0 Å². The second kappa shape index (κ2) is 6.58. The smallest absolute Gasteiger partial charge is 0.138 e. The Hall–Kier alpha value is -2.24. The minimum Gasteiger partial charge on any atom is -0.373 e. The molecule has 3 heterocycles. The summed E-state index contributed by atoms with van der Waals surface area (Å²) in [5.41, 5.74) is 4.06. The van der Waals surface area contributed by atoms with E-state index in [9.17, 15) is 4.39 Å². The van der Waals surface area contributed by atoms with E-state index in [1.165, 1.54) is 17.7 Å². The molecule has 3 aromatic rings. The van der Waals surface area contributed by atoms with Crippen molar-refractivity contribution in [3.8, 4) is 11.3 Å². The summed E-state index contributed by atoms with van der Waals surface area (Å²) in [6, 6.07) is 10.7. The van der Waals surface area contributed by atoms with Crippen LogP contribution < -0.4 is 0 Å². The van der Waals surface area contributed by atoms with Crippen LogP contribution in [0.15, 0.2) is 42.6 Å². The second-order valence-electron chi connectivity index (χ2n) is 6.84. The lowest BCUT2D eigenvalue weighted by Gasteiger charge is -2.35. The summed E-state index contributed by atoms with van der Waals surface area (Å²) in [4.78, 5) is 10.3. The molecule has 2 atom stereocenters. The third-order valence-corrected chi connectivity index (χ3v) is 4.69. The number of nitrogens with zero attached hydrogens (tertiary/aromatic N) is 2. The fourth-order valence-corrected chi connectivity index (χ4v) is 3.74. The van der Waals surface area contributed by atoms with E-state index >= 15 is 0 Å². The van der Waals surface area contributed by atoms with Crippen LogP contribution >= 0.6 is 0 Å². The molecule has 1 aliphatic rings. The number of rotatable bonds is 3. The van der Waals surface area contributed by atoms with Gasteiger partial charge in [-0.05, 0) is 55.8 Å². The van der Waals surface area contributed by atoms with Crippen molar-refractivity contribution in [3.05, 3.63) is 54.0 Å². The lowest BCUT2D eigenvalue weighted by molar-refractivity contribution is -0.0703. The average molecular weight is 339 g/mol. The number of aromatic amines is 1. The number of hydrogen-bond acceptors (Lipinski definition) is 3. The number of H-pyrrole nitrogens is 1. The largest absolute Gasteiger partial charge is 0.373 e. The van der Waals surface area contributed by atoms with E-state index in [0.717, 1.165) is 41.9 Å². The van der Waals surface area contributed by atoms with E-state index < -0.39 is 0 Å². The van der Waals surface area contributed by atoms with Gasteiger partial charge in [0.05, 0.1) is 17.9 Å². The molecule has 0 aliphatic carbocycles. The first kappa shape index (κ1) is 16.2. The number of nitrogens with one attached hydrogen (secondary N) is 1. The van der Waals surface area contributed by atoms with Gasteiger partial charge in [-0.15, -0.1) is 0 Å². The third kappa shape index (κ3) is 3.30. The Balaban J connectivity index is 1.75. The summed E-state index contributed by atoms with van der Waals surface area (Å²) < 4.78 is 19.2. The summed E-state index contributed by atoms with van der Waals surface area (Å²) in [5.74, 6) is -0.227. The Morgan fingerprint density at radius 3 is 2.60 bits per heavy atom. The monoisotopic (exact) mass is 339 g/mol. The number of halogens is 1. The molecular weight excluding hydrogens is 317 g/mol. The van der Waals surface area contributed by atoms with Crippen molar-refractivity contribution in [2.24, 2.45) is 0 Å². The van der Waals surface area contributed by atoms with Crippen molar-refractivity contribution in [3.63, 3.8) is 0 Å². The summed E-state index contributed by atoms with van der Waals surface area (Å²) in [6.45, 7) is 6.84. The van der Waals surface area contributed by atoms with Gasteiger partial charge in [-0.3, -0.25) is 4.90 Å². The Morgan fingerprint density at radius 2 is 1.88 bits per heavy atom. The lowest BCUT2D eigenvalue weighted by atomic mass is 10.0. The van der Waals surface area contributed by atoms with Gasteiger partial charge in [0.2, 0.25) is 0 Å². The van der Waals surface area contributed by atoms with Crippen LogP contribution in [0.5, 0.6) is 0 Å². The van der Waals surface area contributed by atoms with Crippen LogP contribution in [0.3, 0.4) is 0 Å². The van der Waals surface area contributed by atoms with E-state index in [1.807, 2.05) is 18.2 Å². The minimum absolute atomic E-state index is 0.223. The molecule has 2 unspecified atom stereocenters. The topological polar surface area (TPSA) is 41.2 Å². The Labute approximate surface area is 146 Å². The summed E-state index contributed by atoms with van der Waals surface area (Å²) >= 11 is 0. The van der Waals surface area contributed by atoms with Gasteiger partial charge >= 0.3 is 0 Å². The predicted molar refractivity (Wildman–Crippen MR) is 96.8 cm³/mol. The zero-order valence-corrected chi connectivity index (χ0v) is 14.5. The van der Waals surface area contributed by atoms with Crippen LogP contribution in [0.4, 0.5) is 4.39 Å². The molecule has 5 heteroatoms.